The molecule has 4 rings (SSSR count). The minimum atomic E-state index is -1.02. The third-order valence-corrected chi connectivity index (χ3v) is 5.74. The van der Waals surface area contributed by atoms with Crippen molar-refractivity contribution >= 4 is 0 Å². The Morgan fingerprint density at radius 1 is 0.862 bits per heavy atom. The molecule has 0 saturated carbocycles. The molecule has 1 saturated heterocycles. The average molecular weight is 383 g/mol. The highest BCUT2D eigenvalue weighted by Gasteiger charge is 2.71. The summed E-state index contributed by atoms with van der Waals surface area (Å²) >= 11 is 0. The Labute approximate surface area is 173 Å². The van der Waals surface area contributed by atoms with E-state index in [0.29, 0.717) is 0 Å². The van der Waals surface area contributed by atoms with Crippen LogP contribution in [0.4, 0.5) is 0 Å². The first-order valence-electron chi connectivity index (χ1n) is 9.98. The molecule has 0 aromatic heterocycles. The minimum Gasteiger partial charge on any atom is -0.451 e. The van der Waals surface area contributed by atoms with Crippen molar-refractivity contribution in [3.8, 4) is 0 Å². The summed E-state index contributed by atoms with van der Waals surface area (Å²) in [6.45, 7) is 10.0. The molecular formula is C27H26O2. The summed E-state index contributed by atoms with van der Waals surface area (Å²) in [5.74, 6) is 0.652. The lowest BCUT2D eigenvalue weighted by Crippen LogP contribution is -2.45. The number of allylic oxidation sites excluding steroid dienone is 7. The van der Waals surface area contributed by atoms with Crippen molar-refractivity contribution in [2.24, 2.45) is 0 Å². The summed E-state index contributed by atoms with van der Waals surface area (Å²) in [6, 6.07) is 20.7. The fraction of sp³-hybridized carbons (Fsp3) is 0.185. The van der Waals surface area contributed by atoms with Crippen LogP contribution in [-0.4, -0.2) is 0 Å². The minimum absolute atomic E-state index is 0.651. The van der Waals surface area contributed by atoms with Crippen LogP contribution >= 0.6 is 0 Å². The Bertz CT molecular complexity index is 1040. The SMILES string of the molecule is C=C/C=C1\C(=C/C)OC2(c3ccccc3)OC(C)=C(/C=C\C)C12c1ccccc1. The van der Waals surface area contributed by atoms with Gasteiger partial charge in [0.15, 0.2) is 0 Å². The van der Waals surface area contributed by atoms with E-state index in [9.17, 15) is 0 Å². The van der Waals surface area contributed by atoms with Crippen molar-refractivity contribution in [2.75, 3.05) is 0 Å². The molecule has 0 aliphatic carbocycles. The number of fused-ring (bicyclic) bond motifs is 1. The maximum Gasteiger partial charge on any atom is 0.295 e. The molecule has 0 bridgehead atoms. The monoisotopic (exact) mass is 382 g/mol. The van der Waals surface area contributed by atoms with Gasteiger partial charge in [0.2, 0.25) is 0 Å². The van der Waals surface area contributed by atoms with Crippen LogP contribution in [0.25, 0.3) is 0 Å². The third kappa shape index (κ3) is 2.49. The highest BCUT2D eigenvalue weighted by atomic mass is 16.7. The van der Waals surface area contributed by atoms with Gasteiger partial charge in [0.25, 0.3) is 5.79 Å². The van der Waals surface area contributed by atoms with Crippen LogP contribution in [-0.2, 0) is 20.7 Å². The van der Waals surface area contributed by atoms with Gasteiger partial charge in [-0.3, -0.25) is 0 Å². The molecule has 2 atom stereocenters. The van der Waals surface area contributed by atoms with Crippen molar-refractivity contribution in [2.45, 2.75) is 32.0 Å². The molecule has 146 valence electrons. The second kappa shape index (κ2) is 7.29. The first-order valence-corrected chi connectivity index (χ1v) is 9.98. The van der Waals surface area contributed by atoms with E-state index < -0.39 is 11.2 Å². The number of hydrogen-bond donors (Lipinski definition) is 0. The van der Waals surface area contributed by atoms with Crippen molar-refractivity contribution < 1.29 is 9.47 Å². The fourth-order valence-electron chi connectivity index (χ4n) is 4.73. The van der Waals surface area contributed by atoms with Gasteiger partial charge in [-0.05, 0) is 32.4 Å². The molecule has 2 aromatic carbocycles. The summed E-state index contributed by atoms with van der Waals surface area (Å²) in [5, 5.41) is 0. The van der Waals surface area contributed by atoms with E-state index in [1.807, 2.05) is 57.2 Å². The maximum absolute atomic E-state index is 6.73. The molecule has 2 heteroatoms. The van der Waals surface area contributed by atoms with E-state index in [2.05, 4.69) is 61.2 Å². The lowest BCUT2D eigenvalue weighted by Gasteiger charge is -2.39. The molecule has 2 heterocycles. The van der Waals surface area contributed by atoms with E-state index >= 15 is 0 Å². The van der Waals surface area contributed by atoms with Crippen LogP contribution < -0.4 is 0 Å². The zero-order valence-electron chi connectivity index (χ0n) is 17.2. The Hall–Kier alpha value is -3.26. The van der Waals surface area contributed by atoms with Crippen LogP contribution in [0.15, 0.2) is 120 Å². The molecule has 2 aliphatic rings. The number of benzene rings is 2. The van der Waals surface area contributed by atoms with E-state index in [4.69, 9.17) is 9.47 Å². The molecule has 1 fully saturated rings. The molecule has 2 aromatic rings. The van der Waals surface area contributed by atoms with Crippen molar-refractivity contribution in [3.05, 3.63) is 131 Å². The second-order valence-corrected chi connectivity index (χ2v) is 7.24. The van der Waals surface area contributed by atoms with Gasteiger partial charge in [-0.25, -0.2) is 0 Å². The van der Waals surface area contributed by atoms with Gasteiger partial charge >= 0.3 is 0 Å². The van der Waals surface area contributed by atoms with Gasteiger partial charge < -0.3 is 9.47 Å². The summed E-state index contributed by atoms with van der Waals surface area (Å²) in [6.07, 6.45) is 10.1. The quantitative estimate of drug-likeness (QED) is 0.585. The standard InChI is InChI=1S/C27H26O2/c1-5-14-23-20(4)28-27(22-18-12-9-13-19-22)26(23,21-16-10-8-11-17-21)24(15-6-2)25(7-3)29-27/h5-19H,2H2,1,3-4H3/b14-5-,24-15+,25-7+. The van der Waals surface area contributed by atoms with E-state index in [-0.39, 0.29) is 0 Å². The predicted octanol–water partition coefficient (Wildman–Crippen LogP) is 6.70. The first kappa shape index (κ1) is 19.1. The van der Waals surface area contributed by atoms with Crippen molar-refractivity contribution in [1.29, 1.82) is 0 Å². The van der Waals surface area contributed by atoms with Crippen LogP contribution in [0.1, 0.15) is 31.9 Å². The van der Waals surface area contributed by atoms with Gasteiger partial charge in [0.05, 0.1) is 0 Å². The van der Waals surface area contributed by atoms with Gasteiger partial charge in [-0.1, -0.05) is 91.5 Å². The topological polar surface area (TPSA) is 18.5 Å². The Morgan fingerprint density at radius 2 is 1.48 bits per heavy atom. The van der Waals surface area contributed by atoms with Crippen LogP contribution in [0.5, 0.6) is 0 Å². The van der Waals surface area contributed by atoms with Gasteiger partial charge in [0.1, 0.15) is 16.9 Å². The molecule has 2 unspecified atom stereocenters. The van der Waals surface area contributed by atoms with E-state index in [1.54, 1.807) is 0 Å². The zero-order valence-corrected chi connectivity index (χ0v) is 17.2. The van der Waals surface area contributed by atoms with Crippen LogP contribution in [0.2, 0.25) is 0 Å². The number of ether oxygens (including phenoxy) is 2. The molecule has 2 aliphatic heterocycles. The average Bonchev–Trinajstić information content (AvgIpc) is 3.17. The maximum atomic E-state index is 6.73. The molecule has 0 spiro atoms. The molecule has 0 N–H and O–H groups in total. The largest absolute Gasteiger partial charge is 0.451 e. The molecule has 29 heavy (non-hydrogen) atoms. The Morgan fingerprint density at radius 3 is 2.03 bits per heavy atom. The van der Waals surface area contributed by atoms with Crippen molar-refractivity contribution in [3.63, 3.8) is 0 Å². The summed E-state index contributed by atoms with van der Waals surface area (Å²) in [5.41, 5.74) is 3.60. The predicted molar refractivity (Wildman–Crippen MR) is 118 cm³/mol. The van der Waals surface area contributed by atoms with Gasteiger partial charge in [0, 0.05) is 16.7 Å². The number of hydrogen-bond acceptors (Lipinski definition) is 2. The number of rotatable bonds is 4. The van der Waals surface area contributed by atoms with Crippen molar-refractivity contribution in [1.82, 2.24) is 0 Å². The van der Waals surface area contributed by atoms with E-state index in [1.165, 1.54) is 0 Å². The summed E-state index contributed by atoms with van der Waals surface area (Å²) in [7, 11) is 0. The second-order valence-electron chi connectivity index (χ2n) is 7.24. The van der Waals surface area contributed by atoms with Crippen LogP contribution in [0.3, 0.4) is 0 Å². The first-order chi connectivity index (χ1) is 14.2. The van der Waals surface area contributed by atoms with Gasteiger partial charge in [-0.2, -0.15) is 0 Å². The van der Waals surface area contributed by atoms with Crippen LogP contribution in [0, 0.1) is 0 Å². The fourth-order valence-corrected chi connectivity index (χ4v) is 4.73. The summed E-state index contributed by atoms with van der Waals surface area (Å²) < 4.78 is 13.4. The Kier molecular flexibility index (Phi) is 4.79. The highest BCUT2D eigenvalue weighted by Crippen LogP contribution is 2.67. The lowest BCUT2D eigenvalue weighted by molar-refractivity contribution is -0.188. The lowest BCUT2D eigenvalue weighted by atomic mass is 9.63. The zero-order chi connectivity index (χ0) is 20.5. The molecule has 0 radical (unpaired) electrons. The van der Waals surface area contributed by atoms with E-state index in [0.717, 1.165) is 33.8 Å². The molecule has 0 amide bonds. The normalized spacial score (nSPS) is 28.7. The highest BCUT2D eigenvalue weighted by molar-refractivity contribution is 5.66. The Balaban J connectivity index is 2.19. The van der Waals surface area contributed by atoms with Gasteiger partial charge in [-0.15, -0.1) is 0 Å². The summed E-state index contributed by atoms with van der Waals surface area (Å²) in [4.78, 5) is 0. The molecule has 2 nitrogen and oxygen atoms in total. The smallest absolute Gasteiger partial charge is 0.295 e. The third-order valence-electron chi connectivity index (χ3n) is 5.74. The molecular weight excluding hydrogens is 356 g/mol.